The molecule has 0 aliphatic heterocycles. The van der Waals surface area contributed by atoms with Crippen LogP contribution >= 0.6 is 0 Å². The lowest BCUT2D eigenvalue weighted by Crippen LogP contribution is -2.10. The average Bonchev–Trinajstić information content (AvgIpc) is 2.24. The van der Waals surface area contributed by atoms with Gasteiger partial charge >= 0.3 is 0 Å². The predicted molar refractivity (Wildman–Crippen MR) is 64.6 cm³/mol. The van der Waals surface area contributed by atoms with E-state index in [4.69, 9.17) is 5.84 Å². The summed E-state index contributed by atoms with van der Waals surface area (Å²) in [5, 5.41) is 3.27. The fraction of sp³-hybridized carbons (Fsp3) is 0.545. The molecular weight excluding hydrogens is 188 g/mol. The Morgan fingerprint density at radius 2 is 2.07 bits per heavy atom. The van der Waals surface area contributed by atoms with Crippen LogP contribution in [0.3, 0.4) is 0 Å². The Labute approximate surface area is 91.3 Å². The van der Waals surface area contributed by atoms with E-state index in [-0.39, 0.29) is 0 Å². The van der Waals surface area contributed by atoms with Crippen LogP contribution in [0.4, 0.5) is 11.6 Å². The van der Waals surface area contributed by atoms with Crippen LogP contribution in [-0.4, -0.2) is 11.5 Å². The quantitative estimate of drug-likeness (QED) is 0.381. The number of nitrogens with two attached hydrogens (primary N) is 1. The molecule has 0 radical (unpaired) electrons. The van der Waals surface area contributed by atoms with Gasteiger partial charge in [-0.05, 0) is 30.9 Å². The Bertz CT molecular complexity index is 286. The number of aromatic nitrogens is 1. The second-order valence-corrected chi connectivity index (χ2v) is 4.02. The SMILES string of the molecule is CC(C)CCCNc1cccc(NN)n1. The molecule has 1 rings (SSSR count). The highest BCUT2D eigenvalue weighted by molar-refractivity contribution is 5.44. The van der Waals surface area contributed by atoms with E-state index in [1.54, 1.807) is 0 Å². The number of pyridine rings is 1. The van der Waals surface area contributed by atoms with E-state index in [0.717, 1.165) is 18.3 Å². The molecule has 0 unspecified atom stereocenters. The molecule has 0 saturated carbocycles. The molecule has 1 heterocycles. The predicted octanol–water partition coefficient (Wildman–Crippen LogP) is 2.22. The van der Waals surface area contributed by atoms with E-state index in [2.05, 4.69) is 29.6 Å². The number of rotatable bonds is 6. The highest BCUT2D eigenvalue weighted by Crippen LogP contribution is 2.09. The van der Waals surface area contributed by atoms with E-state index < -0.39 is 0 Å². The molecule has 0 fully saturated rings. The van der Waals surface area contributed by atoms with Gasteiger partial charge in [-0.25, -0.2) is 10.8 Å². The van der Waals surface area contributed by atoms with Crippen LogP contribution < -0.4 is 16.6 Å². The number of hydrogen-bond donors (Lipinski definition) is 3. The molecule has 0 bridgehead atoms. The molecule has 4 nitrogen and oxygen atoms in total. The summed E-state index contributed by atoms with van der Waals surface area (Å²) in [6, 6.07) is 5.70. The van der Waals surface area contributed by atoms with Crippen LogP contribution in [0, 0.1) is 5.92 Å². The Morgan fingerprint density at radius 1 is 1.33 bits per heavy atom. The average molecular weight is 208 g/mol. The van der Waals surface area contributed by atoms with Gasteiger partial charge in [0.25, 0.3) is 0 Å². The third-order valence-electron chi connectivity index (χ3n) is 2.16. The van der Waals surface area contributed by atoms with E-state index in [1.807, 2.05) is 18.2 Å². The molecular formula is C11H20N4. The van der Waals surface area contributed by atoms with Crippen LogP contribution in [0.15, 0.2) is 18.2 Å². The van der Waals surface area contributed by atoms with Gasteiger partial charge in [-0.15, -0.1) is 0 Å². The van der Waals surface area contributed by atoms with Crippen molar-refractivity contribution in [1.29, 1.82) is 0 Å². The number of nitrogens with one attached hydrogen (secondary N) is 2. The van der Waals surface area contributed by atoms with Crippen molar-refractivity contribution >= 4 is 11.6 Å². The summed E-state index contributed by atoms with van der Waals surface area (Å²) in [6.45, 7) is 5.42. The lowest BCUT2D eigenvalue weighted by molar-refractivity contribution is 0.566. The standard InChI is InChI=1S/C11H20N4/c1-9(2)5-4-8-13-10-6-3-7-11(14-10)15-12/h3,6-7,9H,4-5,8,12H2,1-2H3,(H2,13,14,15). The molecule has 1 aromatic rings. The van der Waals surface area contributed by atoms with E-state index in [0.29, 0.717) is 5.82 Å². The second kappa shape index (κ2) is 6.24. The number of nitrogen functional groups attached to an aromatic ring is 1. The van der Waals surface area contributed by atoms with Crippen LogP contribution in [0.25, 0.3) is 0 Å². The van der Waals surface area contributed by atoms with Gasteiger partial charge in [0.05, 0.1) is 0 Å². The maximum atomic E-state index is 5.27. The van der Waals surface area contributed by atoms with Crippen molar-refractivity contribution in [2.75, 3.05) is 17.3 Å². The minimum Gasteiger partial charge on any atom is -0.370 e. The third-order valence-corrected chi connectivity index (χ3v) is 2.16. The van der Waals surface area contributed by atoms with Crippen LogP contribution in [-0.2, 0) is 0 Å². The number of hydrazine groups is 1. The number of hydrogen-bond acceptors (Lipinski definition) is 4. The van der Waals surface area contributed by atoms with Crippen molar-refractivity contribution in [3.63, 3.8) is 0 Å². The fourth-order valence-electron chi connectivity index (χ4n) is 1.34. The molecule has 0 amide bonds. The van der Waals surface area contributed by atoms with E-state index in [1.165, 1.54) is 12.8 Å². The first-order chi connectivity index (χ1) is 7.22. The summed E-state index contributed by atoms with van der Waals surface area (Å²) >= 11 is 0. The van der Waals surface area contributed by atoms with Gasteiger partial charge in [-0.3, -0.25) is 0 Å². The smallest absolute Gasteiger partial charge is 0.142 e. The summed E-state index contributed by atoms with van der Waals surface area (Å²) in [4.78, 5) is 4.26. The monoisotopic (exact) mass is 208 g/mol. The highest BCUT2D eigenvalue weighted by Gasteiger charge is 1.96. The van der Waals surface area contributed by atoms with Crippen LogP contribution in [0.5, 0.6) is 0 Å². The highest BCUT2D eigenvalue weighted by atomic mass is 15.3. The molecule has 1 aromatic heterocycles. The minimum atomic E-state index is 0.684. The van der Waals surface area contributed by atoms with Gasteiger partial charge in [0.2, 0.25) is 0 Å². The van der Waals surface area contributed by atoms with Gasteiger partial charge in [-0.2, -0.15) is 0 Å². The molecule has 0 saturated heterocycles. The molecule has 0 spiro atoms. The summed E-state index contributed by atoms with van der Waals surface area (Å²) in [6.07, 6.45) is 2.40. The van der Waals surface area contributed by atoms with Gasteiger partial charge in [0, 0.05) is 6.54 Å². The topological polar surface area (TPSA) is 63.0 Å². The number of nitrogens with zero attached hydrogens (tertiary/aromatic N) is 1. The fourth-order valence-corrected chi connectivity index (χ4v) is 1.34. The lowest BCUT2D eigenvalue weighted by atomic mass is 10.1. The molecule has 0 atom stereocenters. The minimum absolute atomic E-state index is 0.684. The first-order valence-electron chi connectivity index (χ1n) is 5.40. The van der Waals surface area contributed by atoms with Crippen LogP contribution in [0.2, 0.25) is 0 Å². The summed E-state index contributed by atoms with van der Waals surface area (Å²) < 4.78 is 0. The van der Waals surface area contributed by atoms with Crippen molar-refractivity contribution in [2.45, 2.75) is 26.7 Å². The first kappa shape index (κ1) is 11.8. The van der Waals surface area contributed by atoms with Crippen molar-refractivity contribution in [3.05, 3.63) is 18.2 Å². The Hall–Kier alpha value is -1.29. The molecule has 84 valence electrons. The van der Waals surface area contributed by atoms with Crippen molar-refractivity contribution in [3.8, 4) is 0 Å². The molecule has 0 aliphatic carbocycles. The summed E-state index contributed by atoms with van der Waals surface area (Å²) in [5.74, 6) is 7.59. The molecule has 15 heavy (non-hydrogen) atoms. The van der Waals surface area contributed by atoms with Gasteiger partial charge < -0.3 is 10.7 Å². The zero-order valence-corrected chi connectivity index (χ0v) is 9.46. The van der Waals surface area contributed by atoms with E-state index in [9.17, 15) is 0 Å². The third kappa shape index (κ3) is 4.65. The van der Waals surface area contributed by atoms with Gasteiger partial charge in [0.1, 0.15) is 11.6 Å². The maximum absolute atomic E-state index is 5.27. The summed E-state index contributed by atoms with van der Waals surface area (Å²) in [7, 11) is 0. The molecule has 0 aromatic carbocycles. The molecule has 4 N–H and O–H groups in total. The zero-order valence-electron chi connectivity index (χ0n) is 9.46. The van der Waals surface area contributed by atoms with Crippen molar-refractivity contribution < 1.29 is 0 Å². The Kier molecular flexibility index (Phi) is 4.90. The van der Waals surface area contributed by atoms with Gasteiger partial charge in [0.15, 0.2) is 0 Å². The Morgan fingerprint density at radius 3 is 2.73 bits per heavy atom. The van der Waals surface area contributed by atoms with E-state index >= 15 is 0 Å². The zero-order chi connectivity index (χ0) is 11.1. The summed E-state index contributed by atoms with van der Waals surface area (Å²) in [5.41, 5.74) is 2.52. The van der Waals surface area contributed by atoms with Crippen LogP contribution in [0.1, 0.15) is 26.7 Å². The largest absolute Gasteiger partial charge is 0.370 e. The molecule has 0 aliphatic rings. The maximum Gasteiger partial charge on any atom is 0.142 e. The first-order valence-corrected chi connectivity index (χ1v) is 5.40. The Balaban J connectivity index is 2.30. The van der Waals surface area contributed by atoms with Gasteiger partial charge in [-0.1, -0.05) is 19.9 Å². The molecule has 4 heteroatoms. The normalized spacial score (nSPS) is 10.4. The van der Waals surface area contributed by atoms with Crippen molar-refractivity contribution in [1.82, 2.24) is 4.98 Å². The lowest BCUT2D eigenvalue weighted by Gasteiger charge is -2.08. The second-order valence-electron chi connectivity index (χ2n) is 4.02. The number of anilines is 2. The van der Waals surface area contributed by atoms with Crippen molar-refractivity contribution in [2.24, 2.45) is 11.8 Å².